The molecule has 1 fully saturated rings. The lowest BCUT2D eigenvalue weighted by atomic mass is 10.1. The summed E-state index contributed by atoms with van der Waals surface area (Å²) in [5.41, 5.74) is 8.43. The molecule has 1 aromatic carbocycles. The van der Waals surface area contributed by atoms with Gasteiger partial charge in [0.1, 0.15) is 5.82 Å². The molecule has 4 nitrogen and oxygen atoms in total. The summed E-state index contributed by atoms with van der Waals surface area (Å²) in [5.74, 6) is 1.03. The van der Waals surface area contributed by atoms with Gasteiger partial charge in [-0.25, -0.2) is 4.98 Å². The zero-order valence-electron chi connectivity index (χ0n) is 10.7. The number of nitrogens with two attached hydrogens (primary N) is 1. The van der Waals surface area contributed by atoms with E-state index in [-0.39, 0.29) is 5.95 Å². The molecule has 0 radical (unpaired) electrons. The van der Waals surface area contributed by atoms with E-state index in [2.05, 4.69) is 15.3 Å². The van der Waals surface area contributed by atoms with Gasteiger partial charge in [0.2, 0.25) is 5.95 Å². The molecule has 0 saturated heterocycles. The van der Waals surface area contributed by atoms with Crippen molar-refractivity contribution in [3.8, 4) is 11.3 Å². The Hall–Kier alpha value is -1.81. The lowest BCUT2D eigenvalue weighted by molar-refractivity contribution is 1.09. The zero-order valence-corrected chi connectivity index (χ0v) is 11.4. The fourth-order valence-electron chi connectivity index (χ4n) is 1.96. The molecule has 1 heterocycles. The van der Waals surface area contributed by atoms with Crippen LogP contribution in [0.1, 0.15) is 18.4 Å². The van der Waals surface area contributed by atoms with Gasteiger partial charge in [0.25, 0.3) is 0 Å². The fraction of sp³-hybridized carbons (Fsp3) is 0.286. The Labute approximate surface area is 117 Å². The molecule has 0 spiro atoms. The van der Waals surface area contributed by atoms with Crippen LogP contribution in [0, 0.1) is 6.92 Å². The van der Waals surface area contributed by atoms with Gasteiger partial charge in [0.05, 0.1) is 10.7 Å². The SMILES string of the molecule is Cc1cccc(-c2cc(NC3CC3)nc(N)n2)c1Cl. The second-order valence-corrected chi connectivity index (χ2v) is 5.23. The highest BCUT2D eigenvalue weighted by Gasteiger charge is 2.22. The van der Waals surface area contributed by atoms with Crippen molar-refractivity contribution in [3.63, 3.8) is 0 Å². The third-order valence-corrected chi connectivity index (χ3v) is 3.64. The maximum atomic E-state index is 6.33. The molecule has 2 aromatic rings. The highest BCUT2D eigenvalue weighted by Crippen LogP contribution is 2.31. The first-order chi connectivity index (χ1) is 9.13. The standard InChI is InChI=1S/C14H15ClN4/c1-8-3-2-4-10(13(8)15)11-7-12(17-9-5-6-9)19-14(16)18-11/h2-4,7,9H,5-6H2,1H3,(H3,16,17,18,19). The van der Waals surface area contributed by atoms with E-state index in [9.17, 15) is 0 Å². The van der Waals surface area contributed by atoms with Crippen LogP contribution < -0.4 is 11.1 Å². The number of hydrogen-bond donors (Lipinski definition) is 2. The van der Waals surface area contributed by atoms with Crippen molar-refractivity contribution in [3.05, 3.63) is 34.9 Å². The highest BCUT2D eigenvalue weighted by molar-refractivity contribution is 6.34. The Morgan fingerprint density at radius 2 is 2.11 bits per heavy atom. The molecule has 19 heavy (non-hydrogen) atoms. The van der Waals surface area contributed by atoms with Gasteiger partial charge in [-0.1, -0.05) is 29.8 Å². The lowest BCUT2D eigenvalue weighted by Crippen LogP contribution is -2.06. The summed E-state index contributed by atoms with van der Waals surface area (Å²) >= 11 is 6.33. The molecular weight excluding hydrogens is 260 g/mol. The second-order valence-electron chi connectivity index (χ2n) is 4.85. The van der Waals surface area contributed by atoms with E-state index in [4.69, 9.17) is 17.3 Å². The third kappa shape index (κ3) is 2.63. The molecule has 0 bridgehead atoms. The van der Waals surface area contributed by atoms with Crippen LogP contribution in [0.25, 0.3) is 11.3 Å². The van der Waals surface area contributed by atoms with Crippen LogP contribution in [0.4, 0.5) is 11.8 Å². The van der Waals surface area contributed by atoms with E-state index >= 15 is 0 Å². The van der Waals surface area contributed by atoms with Gasteiger partial charge in [0, 0.05) is 17.7 Å². The van der Waals surface area contributed by atoms with Gasteiger partial charge in [-0.3, -0.25) is 0 Å². The minimum absolute atomic E-state index is 0.262. The molecular formula is C14H15ClN4. The molecule has 0 aliphatic heterocycles. The molecule has 5 heteroatoms. The van der Waals surface area contributed by atoms with E-state index < -0.39 is 0 Å². The maximum absolute atomic E-state index is 6.33. The number of benzene rings is 1. The van der Waals surface area contributed by atoms with E-state index in [1.165, 1.54) is 12.8 Å². The summed E-state index contributed by atoms with van der Waals surface area (Å²) < 4.78 is 0. The number of hydrogen-bond acceptors (Lipinski definition) is 4. The van der Waals surface area contributed by atoms with E-state index in [1.54, 1.807) is 0 Å². The number of nitrogens with zero attached hydrogens (tertiary/aromatic N) is 2. The number of halogens is 1. The number of nitrogens with one attached hydrogen (secondary N) is 1. The Morgan fingerprint density at radius 3 is 2.84 bits per heavy atom. The number of aryl methyl sites for hydroxylation is 1. The minimum Gasteiger partial charge on any atom is -0.368 e. The molecule has 1 aliphatic carbocycles. The Bertz CT molecular complexity index is 623. The molecule has 0 amide bonds. The van der Waals surface area contributed by atoms with Crippen LogP contribution in [0.15, 0.2) is 24.3 Å². The average molecular weight is 275 g/mol. The topological polar surface area (TPSA) is 63.8 Å². The van der Waals surface area contributed by atoms with Crippen molar-refractivity contribution in [2.75, 3.05) is 11.1 Å². The van der Waals surface area contributed by atoms with Crippen molar-refractivity contribution in [1.29, 1.82) is 0 Å². The summed E-state index contributed by atoms with van der Waals surface area (Å²) in [6, 6.07) is 8.30. The van der Waals surface area contributed by atoms with Gasteiger partial charge in [-0.05, 0) is 25.3 Å². The largest absolute Gasteiger partial charge is 0.368 e. The van der Waals surface area contributed by atoms with Crippen LogP contribution in [0.2, 0.25) is 5.02 Å². The third-order valence-electron chi connectivity index (χ3n) is 3.14. The van der Waals surface area contributed by atoms with Crippen LogP contribution in [0.3, 0.4) is 0 Å². The summed E-state index contributed by atoms with van der Waals surface area (Å²) in [7, 11) is 0. The lowest BCUT2D eigenvalue weighted by Gasteiger charge is -2.09. The van der Waals surface area contributed by atoms with Crippen molar-refractivity contribution < 1.29 is 0 Å². The van der Waals surface area contributed by atoms with E-state index in [1.807, 2.05) is 31.2 Å². The van der Waals surface area contributed by atoms with Crippen molar-refractivity contribution >= 4 is 23.4 Å². The van der Waals surface area contributed by atoms with Crippen LogP contribution in [0.5, 0.6) is 0 Å². The predicted molar refractivity (Wildman–Crippen MR) is 78.3 cm³/mol. The number of rotatable bonds is 3. The minimum atomic E-state index is 0.262. The van der Waals surface area contributed by atoms with Crippen LogP contribution >= 0.6 is 11.6 Å². The first-order valence-electron chi connectivity index (χ1n) is 6.30. The van der Waals surface area contributed by atoms with Crippen LogP contribution in [-0.2, 0) is 0 Å². The monoisotopic (exact) mass is 274 g/mol. The molecule has 3 N–H and O–H groups in total. The maximum Gasteiger partial charge on any atom is 0.222 e. The van der Waals surface area contributed by atoms with Crippen molar-refractivity contribution in [1.82, 2.24) is 9.97 Å². The molecule has 0 atom stereocenters. The quantitative estimate of drug-likeness (QED) is 0.902. The molecule has 0 unspecified atom stereocenters. The van der Waals surface area contributed by atoms with Crippen molar-refractivity contribution in [2.45, 2.75) is 25.8 Å². The molecule has 3 rings (SSSR count). The van der Waals surface area contributed by atoms with Gasteiger partial charge in [0.15, 0.2) is 0 Å². The number of aromatic nitrogens is 2. The summed E-state index contributed by atoms with van der Waals surface area (Å²) in [5, 5.41) is 4.03. The number of nitrogen functional groups attached to an aromatic ring is 1. The van der Waals surface area contributed by atoms with E-state index in [0.717, 1.165) is 22.6 Å². The zero-order chi connectivity index (χ0) is 13.4. The predicted octanol–water partition coefficient (Wildman–Crippen LogP) is 3.26. The normalized spacial score (nSPS) is 14.4. The van der Waals surface area contributed by atoms with Gasteiger partial charge in [-0.15, -0.1) is 0 Å². The molecule has 1 saturated carbocycles. The smallest absolute Gasteiger partial charge is 0.222 e. The van der Waals surface area contributed by atoms with Gasteiger partial charge < -0.3 is 11.1 Å². The summed E-state index contributed by atoms with van der Waals surface area (Å²) in [6.07, 6.45) is 2.37. The summed E-state index contributed by atoms with van der Waals surface area (Å²) in [4.78, 5) is 8.48. The first kappa shape index (κ1) is 12.2. The molecule has 1 aliphatic rings. The van der Waals surface area contributed by atoms with Crippen molar-refractivity contribution in [2.24, 2.45) is 0 Å². The Morgan fingerprint density at radius 1 is 1.32 bits per heavy atom. The Balaban J connectivity index is 2.03. The van der Waals surface area contributed by atoms with Gasteiger partial charge in [-0.2, -0.15) is 4.98 Å². The molecule has 1 aromatic heterocycles. The highest BCUT2D eigenvalue weighted by atomic mass is 35.5. The average Bonchev–Trinajstić information content (AvgIpc) is 3.16. The fourth-order valence-corrected chi connectivity index (χ4v) is 2.18. The molecule has 98 valence electrons. The van der Waals surface area contributed by atoms with Gasteiger partial charge >= 0.3 is 0 Å². The Kier molecular flexibility index (Phi) is 3.03. The number of anilines is 2. The summed E-state index contributed by atoms with van der Waals surface area (Å²) in [6.45, 7) is 1.97. The van der Waals surface area contributed by atoms with Crippen LogP contribution in [-0.4, -0.2) is 16.0 Å². The second kappa shape index (κ2) is 4.70. The van der Waals surface area contributed by atoms with E-state index in [0.29, 0.717) is 11.1 Å². The first-order valence-corrected chi connectivity index (χ1v) is 6.68.